The minimum absolute atomic E-state index is 0.00119. The Bertz CT molecular complexity index is 3080. The van der Waals surface area contributed by atoms with Crippen LogP contribution in [-0.2, 0) is 0 Å². The van der Waals surface area contributed by atoms with Crippen LogP contribution in [0.4, 0.5) is 0 Å². The van der Waals surface area contributed by atoms with Gasteiger partial charge in [0, 0.05) is 0 Å². The molecular formula is C36B24. The first-order chi connectivity index (χ1) is 27.9. The topological polar surface area (TPSA) is 0 Å². The van der Waals surface area contributed by atoms with Crippen molar-refractivity contribution in [2.45, 2.75) is 0 Å². The maximum absolute atomic E-state index is 7.21. The van der Waals surface area contributed by atoms with Crippen molar-refractivity contribution in [3.63, 3.8) is 0 Å². The van der Waals surface area contributed by atoms with Gasteiger partial charge in [-0.2, -0.15) is 0 Å². The van der Waals surface area contributed by atoms with Crippen LogP contribution in [0.2, 0.25) is 0 Å². The maximum atomic E-state index is 7.21. The van der Waals surface area contributed by atoms with Crippen LogP contribution < -0.4 is 131 Å². The number of rotatable bonds is 3. The summed E-state index contributed by atoms with van der Waals surface area (Å²) in [7, 11) is 159. The van der Waals surface area contributed by atoms with E-state index in [9.17, 15) is 0 Å². The lowest BCUT2D eigenvalue weighted by Gasteiger charge is -2.33. The summed E-state index contributed by atoms with van der Waals surface area (Å²) < 4.78 is 0. The summed E-state index contributed by atoms with van der Waals surface area (Å²) in [5.41, 5.74) is -3.50. The fourth-order valence-corrected chi connectivity index (χ4v) is 8.13. The van der Waals surface area contributed by atoms with Crippen molar-refractivity contribution in [3.05, 3.63) is 0 Å². The van der Waals surface area contributed by atoms with E-state index in [-0.39, 0.29) is 197 Å². The van der Waals surface area contributed by atoms with Gasteiger partial charge in [-0.25, -0.2) is 0 Å². The molecule has 0 aromatic heterocycles. The number of hydrogen-bond donors (Lipinski definition) is 0. The normalized spacial score (nSPS) is 11.6. The van der Waals surface area contributed by atoms with Gasteiger partial charge < -0.3 is 0 Å². The molecule has 0 spiro atoms. The predicted octanol–water partition coefficient (Wildman–Crippen LogP) is -18.8. The molecule has 0 bridgehead atoms. The lowest BCUT2D eigenvalue weighted by atomic mass is 9.54. The average molecular weight is 692 g/mol. The van der Waals surface area contributed by atoms with Crippen molar-refractivity contribution in [2.75, 3.05) is 0 Å². The highest BCUT2D eigenvalue weighted by atomic mass is 14.3. The Morgan fingerprint density at radius 3 is 0.567 bits per heavy atom. The van der Waals surface area contributed by atoms with Crippen LogP contribution in [0.5, 0.6) is 0 Å². The fraction of sp³-hybridized carbons (Fsp3) is 0. The Balaban J connectivity index is 1.86. The smallest absolute Gasteiger partial charge is 0.112 e. The summed E-state index contributed by atoms with van der Waals surface area (Å²) in [6.45, 7) is 0. The Morgan fingerprint density at radius 1 is 0.100 bits per heavy atom. The van der Waals surface area contributed by atoms with Crippen LogP contribution in [-0.4, -0.2) is 188 Å². The van der Waals surface area contributed by atoms with Gasteiger partial charge >= 0.3 is 0 Å². The standard InChI is InChI=1S/C36B24/c37-13-7(21(45)27(51)24(48)10(13)9-14(38)11-12(20(44)19(9)43)26(50)33(57)32(56)25(11)49)1-3-5(17(41)30(54)28(52)15(3)39)2(6-4(1)16(40)29(53)31(55)18(6)42)8-22(46)34(58)36(60)35(59)23(8)47. The monoisotopic (exact) mass is 696 g/mol. The summed E-state index contributed by atoms with van der Waals surface area (Å²) in [6, 6.07) is 0. The Hall–Kier alpha value is -3.12. The first-order valence-electron chi connectivity index (χ1n) is 17.4. The number of hydrogen-bond acceptors (Lipinski definition) is 0. The van der Waals surface area contributed by atoms with Gasteiger partial charge in [-0.3, -0.25) is 0 Å². The second kappa shape index (κ2) is 15.3. The van der Waals surface area contributed by atoms with Crippen LogP contribution in [0.25, 0.3) is 65.7 Å². The van der Waals surface area contributed by atoms with Crippen LogP contribution in [0.3, 0.4) is 0 Å². The third kappa shape index (κ3) is 5.86. The molecule has 0 saturated heterocycles. The van der Waals surface area contributed by atoms with E-state index in [0.29, 0.717) is 0 Å². The summed E-state index contributed by atoms with van der Waals surface area (Å²) in [5, 5.41) is 0.297. The van der Waals surface area contributed by atoms with E-state index in [0.717, 1.165) is 0 Å². The van der Waals surface area contributed by atoms with E-state index in [1.807, 2.05) is 0 Å². The SMILES string of the molecule is [B]c1c([B])c([B])c(-c2c3c([B])c([B])c([B])c([B])c3c(-c3c([B])c([B])c([B])c(-c4c([B])c([B])c5c([B])c([B])c([B])c([B])c5c4[B])c3[B])c3c([B])c([B])c([B])c([B])c23)c([B])c1[B]. The minimum atomic E-state index is -0.223. The highest BCUT2D eigenvalue weighted by molar-refractivity contribution is 6.77. The number of benzene rings is 7. The fourth-order valence-electron chi connectivity index (χ4n) is 8.13. The second-order valence-corrected chi connectivity index (χ2v) is 14.4. The minimum Gasteiger partial charge on any atom is -0.112 e. The van der Waals surface area contributed by atoms with Gasteiger partial charge in [-0.15, -0.1) is 54.6 Å². The van der Waals surface area contributed by atoms with Crippen molar-refractivity contribution in [1.29, 1.82) is 0 Å². The molecule has 0 nitrogen and oxygen atoms in total. The van der Waals surface area contributed by atoms with Crippen LogP contribution >= 0.6 is 0 Å². The molecule has 0 aliphatic rings. The highest BCUT2D eigenvalue weighted by Gasteiger charge is 2.30. The molecule has 216 valence electrons. The first-order valence-corrected chi connectivity index (χ1v) is 17.4. The first kappa shape index (κ1) is 44.9. The van der Waals surface area contributed by atoms with Crippen LogP contribution in [0.15, 0.2) is 0 Å². The van der Waals surface area contributed by atoms with E-state index in [4.69, 9.17) is 188 Å². The van der Waals surface area contributed by atoms with Gasteiger partial charge in [0.1, 0.15) is 188 Å². The molecule has 0 aliphatic heterocycles. The molecular weight excluding hydrogens is 692 g/mol. The maximum Gasteiger partial charge on any atom is 0.115 e. The molecule has 48 radical (unpaired) electrons. The summed E-state index contributed by atoms with van der Waals surface area (Å²) >= 11 is 0. The zero-order valence-corrected chi connectivity index (χ0v) is 31.9. The van der Waals surface area contributed by atoms with Crippen molar-refractivity contribution < 1.29 is 0 Å². The molecule has 0 amide bonds. The van der Waals surface area contributed by atoms with E-state index in [1.165, 1.54) is 0 Å². The quantitative estimate of drug-likeness (QED) is 0.128. The van der Waals surface area contributed by atoms with Gasteiger partial charge in [0.2, 0.25) is 0 Å². The van der Waals surface area contributed by atoms with E-state index < -0.39 is 0 Å². The molecule has 7 aromatic rings. The van der Waals surface area contributed by atoms with Crippen LogP contribution in [0, 0.1) is 0 Å². The molecule has 7 aromatic carbocycles. The lowest BCUT2D eigenvalue weighted by molar-refractivity contribution is 1.82. The molecule has 0 aliphatic carbocycles. The van der Waals surface area contributed by atoms with Gasteiger partial charge in [-0.1, -0.05) is 76.5 Å². The lowest BCUT2D eigenvalue weighted by Crippen LogP contribution is -2.55. The Kier molecular flexibility index (Phi) is 11.5. The molecule has 0 saturated carbocycles. The van der Waals surface area contributed by atoms with Gasteiger partial charge in [0.25, 0.3) is 0 Å². The average Bonchev–Trinajstić information content (AvgIpc) is 3.21. The molecule has 0 fully saturated rings. The third-order valence-electron chi connectivity index (χ3n) is 11.5. The summed E-state index contributed by atoms with van der Waals surface area (Å²) in [5.74, 6) is 0. The molecule has 0 heterocycles. The van der Waals surface area contributed by atoms with E-state index in [2.05, 4.69) is 0 Å². The largest absolute Gasteiger partial charge is 0.115 e. The van der Waals surface area contributed by atoms with Crippen molar-refractivity contribution >= 4 is 352 Å². The van der Waals surface area contributed by atoms with Crippen molar-refractivity contribution in [1.82, 2.24) is 0 Å². The van der Waals surface area contributed by atoms with Gasteiger partial charge in [0.05, 0.1) is 0 Å². The molecule has 60 heavy (non-hydrogen) atoms. The predicted molar refractivity (Wildman–Crippen MR) is 285 cm³/mol. The van der Waals surface area contributed by atoms with Crippen molar-refractivity contribution in [3.8, 4) is 33.4 Å². The second-order valence-electron chi connectivity index (χ2n) is 14.4. The molecule has 0 atom stereocenters. The van der Waals surface area contributed by atoms with Crippen molar-refractivity contribution in [2.24, 2.45) is 0 Å². The molecule has 0 N–H and O–H groups in total. The summed E-state index contributed by atoms with van der Waals surface area (Å²) in [6.07, 6.45) is 0. The Morgan fingerprint density at radius 2 is 0.250 bits per heavy atom. The van der Waals surface area contributed by atoms with Gasteiger partial charge in [0.15, 0.2) is 0 Å². The third-order valence-corrected chi connectivity index (χ3v) is 11.5. The highest BCUT2D eigenvalue weighted by Crippen LogP contribution is 2.39. The summed E-state index contributed by atoms with van der Waals surface area (Å²) in [4.78, 5) is 0. The van der Waals surface area contributed by atoms with E-state index >= 15 is 0 Å². The zero-order chi connectivity index (χ0) is 44.8. The zero-order valence-electron chi connectivity index (χ0n) is 31.9. The Labute approximate surface area is 382 Å². The molecule has 7 rings (SSSR count). The molecule has 24 heteroatoms. The van der Waals surface area contributed by atoms with Crippen LogP contribution in [0.1, 0.15) is 0 Å². The van der Waals surface area contributed by atoms with E-state index in [1.54, 1.807) is 0 Å². The van der Waals surface area contributed by atoms with Gasteiger partial charge in [-0.05, 0) is 65.7 Å². The number of fused-ring (bicyclic) bond motifs is 3. The molecule has 0 unspecified atom stereocenters.